The van der Waals surface area contributed by atoms with Gasteiger partial charge in [0.15, 0.2) is 0 Å². The van der Waals surface area contributed by atoms with Gasteiger partial charge in [-0.3, -0.25) is 4.90 Å². The molecule has 2 heteroatoms. The van der Waals surface area contributed by atoms with Crippen LogP contribution >= 0.6 is 0 Å². The Balaban J connectivity index is 2.35. The minimum absolute atomic E-state index is 0.558. The number of fused-ring (bicyclic) bond motifs is 1. The average Bonchev–Trinajstić information content (AvgIpc) is 2.36. The van der Waals surface area contributed by atoms with E-state index in [1.165, 1.54) is 13.0 Å². The standard InChI is InChI=1S/C16H26N2/c1-12(2)15(11-17-3)16-14-8-6-5-7-13(14)9-10-18(16)4/h5-8,12,15-17H,9-11H2,1-4H3. The predicted octanol–water partition coefficient (Wildman–Crippen LogP) is 2.71. The molecule has 0 saturated heterocycles. The van der Waals surface area contributed by atoms with Gasteiger partial charge in [-0.1, -0.05) is 38.1 Å². The van der Waals surface area contributed by atoms with E-state index in [9.17, 15) is 0 Å². The number of nitrogens with one attached hydrogen (secondary N) is 1. The Labute approximate surface area is 111 Å². The van der Waals surface area contributed by atoms with Gasteiger partial charge in [0, 0.05) is 12.6 Å². The first-order valence-corrected chi connectivity index (χ1v) is 7.07. The number of hydrogen-bond donors (Lipinski definition) is 1. The van der Waals surface area contributed by atoms with Crippen molar-refractivity contribution in [3.8, 4) is 0 Å². The molecule has 0 amide bonds. The lowest BCUT2D eigenvalue weighted by Crippen LogP contribution is -2.41. The molecule has 1 aliphatic rings. The van der Waals surface area contributed by atoms with Crippen LogP contribution in [0, 0.1) is 11.8 Å². The molecule has 0 spiro atoms. The molecule has 1 N–H and O–H groups in total. The zero-order chi connectivity index (χ0) is 13.1. The monoisotopic (exact) mass is 246 g/mol. The minimum Gasteiger partial charge on any atom is -0.319 e. The number of benzene rings is 1. The lowest BCUT2D eigenvalue weighted by Gasteiger charge is -2.41. The molecule has 2 rings (SSSR count). The molecule has 0 aliphatic carbocycles. The Bertz CT molecular complexity index is 386. The van der Waals surface area contributed by atoms with Crippen LogP contribution in [0.25, 0.3) is 0 Å². The van der Waals surface area contributed by atoms with E-state index in [2.05, 4.69) is 62.4 Å². The maximum absolute atomic E-state index is 3.37. The van der Waals surface area contributed by atoms with Crippen LogP contribution in [0.15, 0.2) is 24.3 Å². The molecule has 1 aliphatic heterocycles. The van der Waals surface area contributed by atoms with Crippen molar-refractivity contribution in [3.05, 3.63) is 35.4 Å². The molecule has 2 nitrogen and oxygen atoms in total. The van der Waals surface area contributed by atoms with Gasteiger partial charge in [0.1, 0.15) is 0 Å². The van der Waals surface area contributed by atoms with E-state index in [0.29, 0.717) is 17.9 Å². The molecule has 0 aromatic heterocycles. The molecule has 0 saturated carbocycles. The van der Waals surface area contributed by atoms with Gasteiger partial charge in [-0.15, -0.1) is 0 Å². The van der Waals surface area contributed by atoms with Crippen LogP contribution in [-0.4, -0.2) is 32.1 Å². The largest absolute Gasteiger partial charge is 0.319 e. The third-order valence-corrected chi connectivity index (χ3v) is 4.28. The molecule has 2 atom stereocenters. The SMILES string of the molecule is CNCC(C(C)C)C1c2ccccc2CCN1C. The van der Waals surface area contributed by atoms with Crippen molar-refractivity contribution in [2.75, 3.05) is 27.2 Å². The van der Waals surface area contributed by atoms with Gasteiger partial charge in [-0.2, -0.15) is 0 Å². The van der Waals surface area contributed by atoms with Crippen LogP contribution in [0.1, 0.15) is 31.0 Å². The summed E-state index contributed by atoms with van der Waals surface area (Å²) in [5.41, 5.74) is 3.09. The number of hydrogen-bond acceptors (Lipinski definition) is 2. The van der Waals surface area contributed by atoms with E-state index in [4.69, 9.17) is 0 Å². The Morgan fingerprint density at radius 2 is 2.06 bits per heavy atom. The normalized spacial score (nSPS) is 21.9. The molecular formula is C16H26N2. The second-order valence-corrected chi connectivity index (χ2v) is 5.84. The van der Waals surface area contributed by atoms with Gasteiger partial charge in [0.2, 0.25) is 0 Å². The number of likely N-dealkylation sites (N-methyl/N-ethyl adjacent to an activating group) is 1. The maximum atomic E-state index is 3.37. The molecule has 1 aromatic rings. The Morgan fingerprint density at radius 3 is 2.72 bits per heavy atom. The quantitative estimate of drug-likeness (QED) is 0.879. The summed E-state index contributed by atoms with van der Waals surface area (Å²) in [7, 11) is 4.33. The highest BCUT2D eigenvalue weighted by Crippen LogP contribution is 2.37. The topological polar surface area (TPSA) is 15.3 Å². The summed E-state index contributed by atoms with van der Waals surface area (Å²) in [6.45, 7) is 6.94. The summed E-state index contributed by atoms with van der Waals surface area (Å²) in [5, 5.41) is 3.37. The van der Waals surface area contributed by atoms with Crippen molar-refractivity contribution in [1.29, 1.82) is 0 Å². The van der Waals surface area contributed by atoms with Crippen molar-refractivity contribution in [1.82, 2.24) is 10.2 Å². The van der Waals surface area contributed by atoms with E-state index < -0.39 is 0 Å². The molecule has 1 aromatic carbocycles. The van der Waals surface area contributed by atoms with E-state index >= 15 is 0 Å². The van der Waals surface area contributed by atoms with Gasteiger partial charge in [-0.25, -0.2) is 0 Å². The molecular weight excluding hydrogens is 220 g/mol. The fraction of sp³-hybridized carbons (Fsp3) is 0.625. The summed E-state index contributed by atoms with van der Waals surface area (Å²) in [6, 6.07) is 9.53. The molecule has 0 bridgehead atoms. The lowest BCUT2D eigenvalue weighted by atomic mass is 9.79. The summed E-state index contributed by atoms with van der Waals surface area (Å²) in [5.74, 6) is 1.36. The van der Waals surface area contributed by atoms with Crippen molar-refractivity contribution >= 4 is 0 Å². The molecule has 100 valence electrons. The van der Waals surface area contributed by atoms with Crippen molar-refractivity contribution in [2.24, 2.45) is 11.8 Å². The number of rotatable bonds is 4. The summed E-state index contributed by atoms with van der Waals surface area (Å²) >= 11 is 0. The Morgan fingerprint density at radius 1 is 1.33 bits per heavy atom. The van der Waals surface area contributed by atoms with Gasteiger partial charge in [0.25, 0.3) is 0 Å². The summed E-state index contributed by atoms with van der Waals surface area (Å²) in [4.78, 5) is 2.53. The number of nitrogens with zero attached hydrogens (tertiary/aromatic N) is 1. The van der Waals surface area contributed by atoms with Crippen LogP contribution in [0.3, 0.4) is 0 Å². The molecule has 2 unspecified atom stereocenters. The van der Waals surface area contributed by atoms with E-state index in [-0.39, 0.29) is 0 Å². The third kappa shape index (κ3) is 2.60. The van der Waals surface area contributed by atoms with Gasteiger partial charge in [-0.05, 0) is 50.0 Å². The molecule has 0 fully saturated rings. The second kappa shape index (κ2) is 5.85. The van der Waals surface area contributed by atoms with Crippen molar-refractivity contribution in [3.63, 3.8) is 0 Å². The fourth-order valence-electron chi connectivity index (χ4n) is 3.23. The Hall–Kier alpha value is -0.860. The van der Waals surface area contributed by atoms with Gasteiger partial charge >= 0.3 is 0 Å². The third-order valence-electron chi connectivity index (χ3n) is 4.28. The van der Waals surface area contributed by atoms with E-state index in [1.807, 2.05) is 0 Å². The maximum Gasteiger partial charge on any atom is 0.0390 e. The molecule has 18 heavy (non-hydrogen) atoms. The second-order valence-electron chi connectivity index (χ2n) is 5.84. The first-order valence-electron chi connectivity index (χ1n) is 7.07. The average molecular weight is 246 g/mol. The van der Waals surface area contributed by atoms with Crippen LogP contribution in [-0.2, 0) is 6.42 Å². The predicted molar refractivity (Wildman–Crippen MR) is 77.8 cm³/mol. The van der Waals surface area contributed by atoms with Crippen molar-refractivity contribution < 1.29 is 0 Å². The zero-order valence-electron chi connectivity index (χ0n) is 12.1. The van der Waals surface area contributed by atoms with Gasteiger partial charge < -0.3 is 5.32 Å². The summed E-state index contributed by atoms with van der Waals surface area (Å²) < 4.78 is 0. The zero-order valence-corrected chi connectivity index (χ0v) is 12.1. The van der Waals surface area contributed by atoms with E-state index in [1.54, 1.807) is 11.1 Å². The molecule has 1 heterocycles. The molecule has 0 radical (unpaired) electrons. The smallest absolute Gasteiger partial charge is 0.0390 e. The fourth-order valence-corrected chi connectivity index (χ4v) is 3.23. The van der Waals surface area contributed by atoms with Crippen LogP contribution in [0.5, 0.6) is 0 Å². The van der Waals surface area contributed by atoms with Crippen LogP contribution in [0.2, 0.25) is 0 Å². The van der Waals surface area contributed by atoms with Gasteiger partial charge in [0.05, 0.1) is 0 Å². The minimum atomic E-state index is 0.558. The highest BCUT2D eigenvalue weighted by Gasteiger charge is 2.32. The first-order chi connectivity index (χ1) is 8.65. The summed E-state index contributed by atoms with van der Waals surface area (Å²) in [6.07, 6.45) is 1.19. The highest BCUT2D eigenvalue weighted by molar-refractivity contribution is 5.33. The lowest BCUT2D eigenvalue weighted by molar-refractivity contribution is 0.132. The van der Waals surface area contributed by atoms with Crippen LogP contribution in [0.4, 0.5) is 0 Å². The van der Waals surface area contributed by atoms with Crippen molar-refractivity contribution in [2.45, 2.75) is 26.3 Å². The van der Waals surface area contributed by atoms with E-state index in [0.717, 1.165) is 6.54 Å². The first kappa shape index (κ1) is 13.6. The van der Waals surface area contributed by atoms with Crippen LogP contribution < -0.4 is 5.32 Å². The highest BCUT2D eigenvalue weighted by atomic mass is 15.1. The Kier molecular flexibility index (Phi) is 4.41.